The van der Waals surface area contributed by atoms with Crippen LogP contribution in [0.4, 0.5) is 22.0 Å². The molecule has 0 N–H and O–H groups in total. The summed E-state index contributed by atoms with van der Waals surface area (Å²) in [7, 11) is -3.45. The Morgan fingerprint density at radius 2 is 1.74 bits per heavy atom. The fraction of sp³-hybridized carbons (Fsp3) is 0.317. The molecule has 2 heterocycles. The minimum atomic E-state index is -5.24. The lowest BCUT2D eigenvalue weighted by atomic mass is 9.98. The van der Waals surface area contributed by atoms with Gasteiger partial charge >= 0.3 is 6.18 Å². The van der Waals surface area contributed by atoms with E-state index in [2.05, 4.69) is 4.74 Å². The molecule has 12 heteroatoms. The van der Waals surface area contributed by atoms with E-state index >= 15 is 9.18 Å². The number of para-hydroxylation sites is 1. The number of ether oxygens (including phenoxy) is 1. The van der Waals surface area contributed by atoms with Gasteiger partial charge in [-0.2, -0.15) is 13.2 Å². The van der Waals surface area contributed by atoms with E-state index in [0.29, 0.717) is 4.57 Å². The number of carbonyl (C=O) groups is 1. The standard InChI is InChI=1S/C41H40F5N3O3S/c1-27-22-30(14-15-34(27)41(44,45)46)29-12-10-28(11-13-29)24-48(32-16-18-47(19-17-32)20-21-52-2)38(51)25-49-36-9-4-3-7-33(36)37(50)23-39(49)53-26-31-6-5-8-35(42)40(31)43/h3-15,22-23,32H,16-21,24-26H2,1-2H3/i2D3,3D,4D,5D,6D,7D,8D,9D,10D,11D,12D,13D,14D,15D,20D2,21D2,22D,23D,26D2. The number of halogens is 5. The summed E-state index contributed by atoms with van der Waals surface area (Å²) in [6.07, 6.45) is -6.12. The number of hydrogen-bond donors (Lipinski definition) is 0. The first-order chi connectivity index (χ1) is 35.1. The van der Waals surface area contributed by atoms with Gasteiger partial charge in [0.2, 0.25) is 5.91 Å². The highest BCUT2D eigenvalue weighted by molar-refractivity contribution is 7.98. The van der Waals surface area contributed by atoms with E-state index in [1.807, 2.05) is 0 Å². The molecule has 0 spiro atoms. The van der Waals surface area contributed by atoms with Gasteiger partial charge in [-0.1, -0.05) is 60.4 Å². The SMILES string of the molecule is [2H]c1c([2H])c(F)c(F)c(C([2H])([2H])Sc2c([2H])c(=O)c3c([2H])c([2H])c([2H])c([2H])c3n2CC(=O)N(Cc2c([2H])c([2H])c(-c3c([2H])c([2H])c(C(F)(F)F)c(C)c3[2H])c([2H])c2[2H])C2CCN(C([2H])([2H])C([2H])([2H])OC([2H])([2H])[2H])CC2)c1[2H]. The third-order valence-electron chi connectivity index (χ3n) is 7.96. The number of amides is 1. The third-order valence-corrected chi connectivity index (χ3v) is 8.79. The zero-order chi connectivity index (χ0) is 58.6. The summed E-state index contributed by atoms with van der Waals surface area (Å²) < 4.78 is 279. The number of aromatic nitrogens is 1. The summed E-state index contributed by atoms with van der Waals surface area (Å²) in [5.74, 6) is -5.55. The smallest absolute Gasteiger partial charge is 0.383 e. The normalized spacial score (nSPS) is 21.7. The number of likely N-dealkylation sites (tertiary alicyclic amines) is 1. The van der Waals surface area contributed by atoms with Gasteiger partial charge in [-0.3, -0.25) is 9.59 Å². The number of carbonyl (C=O) groups excluding carboxylic acids is 1. The number of thioether (sulfide) groups is 1. The Balaban J connectivity index is 1.59. The zero-order valence-corrected chi connectivity index (χ0v) is 28.0. The van der Waals surface area contributed by atoms with Crippen LogP contribution in [0.2, 0.25) is 0 Å². The summed E-state index contributed by atoms with van der Waals surface area (Å²) in [5.41, 5.74) is -12.6. The number of fused-ring (bicyclic) bond motifs is 1. The Labute approximate surface area is 342 Å². The number of piperidine rings is 1. The van der Waals surface area contributed by atoms with Crippen LogP contribution in [-0.2, 0) is 34.5 Å². The fourth-order valence-corrected chi connectivity index (χ4v) is 6.16. The van der Waals surface area contributed by atoms with E-state index in [0.717, 1.165) is 16.7 Å². The molecular formula is C41H40F5N3O3S. The van der Waals surface area contributed by atoms with Crippen LogP contribution in [0.15, 0.2) is 100 Å². The largest absolute Gasteiger partial charge is 0.416 e. The molecule has 1 fully saturated rings. The topological polar surface area (TPSA) is 54.8 Å². The van der Waals surface area contributed by atoms with Crippen molar-refractivity contribution in [1.29, 1.82) is 0 Å². The summed E-state index contributed by atoms with van der Waals surface area (Å²) in [6, 6.07) is -19.1. The molecule has 0 radical (unpaired) electrons. The monoisotopic (exact) mass is 773 g/mol. The highest BCUT2D eigenvalue weighted by Gasteiger charge is 2.32. The van der Waals surface area contributed by atoms with E-state index in [1.54, 1.807) is 0 Å². The van der Waals surface area contributed by atoms with Gasteiger partial charge in [0.05, 0.1) is 50.1 Å². The van der Waals surface area contributed by atoms with Crippen LogP contribution in [0, 0.1) is 18.6 Å². The Morgan fingerprint density at radius 3 is 2.47 bits per heavy atom. The van der Waals surface area contributed by atoms with E-state index in [4.69, 9.17) is 32.9 Å². The highest BCUT2D eigenvalue weighted by atomic mass is 32.2. The van der Waals surface area contributed by atoms with Gasteiger partial charge in [-0.15, -0.1) is 11.8 Å². The average Bonchev–Trinajstić information content (AvgIpc) is 3.32. The Hall–Kier alpha value is -4.52. The molecule has 0 bridgehead atoms. The molecule has 0 saturated carbocycles. The number of nitrogens with zero attached hydrogens (tertiary/aromatic N) is 3. The van der Waals surface area contributed by atoms with Crippen LogP contribution >= 0.6 is 11.8 Å². The quantitative estimate of drug-likeness (QED) is 0.0939. The van der Waals surface area contributed by atoms with Crippen molar-refractivity contribution in [3.63, 3.8) is 0 Å². The van der Waals surface area contributed by atoms with Crippen molar-refractivity contribution in [3.8, 4) is 11.1 Å². The highest BCUT2D eigenvalue weighted by Crippen LogP contribution is 2.34. The molecule has 6 nitrogen and oxygen atoms in total. The van der Waals surface area contributed by atoms with E-state index in [-0.39, 0.29) is 11.8 Å². The Kier molecular flexibility index (Phi) is 5.72. The maximum absolute atomic E-state index is 15.6. The first kappa shape index (κ1) is 18.2. The molecule has 5 aromatic rings. The van der Waals surface area contributed by atoms with Gasteiger partial charge in [0, 0.05) is 67.4 Å². The van der Waals surface area contributed by atoms with Gasteiger partial charge in [0.15, 0.2) is 17.1 Å². The number of methoxy groups -OCH3 is 1. The molecule has 53 heavy (non-hydrogen) atoms. The van der Waals surface area contributed by atoms with Crippen molar-refractivity contribution in [2.45, 2.75) is 55.8 Å². The van der Waals surface area contributed by atoms with Crippen LogP contribution in [0.5, 0.6) is 0 Å². The number of pyridine rings is 1. The number of rotatable bonds is 12. The molecule has 4 aromatic carbocycles. The molecular weight excluding hydrogens is 710 g/mol. The number of hydrogen-bond acceptors (Lipinski definition) is 5. The lowest BCUT2D eigenvalue weighted by Crippen LogP contribution is -2.48. The molecule has 1 aliphatic rings. The maximum atomic E-state index is 15.6. The van der Waals surface area contributed by atoms with Crippen molar-refractivity contribution in [3.05, 3.63) is 135 Å². The lowest BCUT2D eigenvalue weighted by molar-refractivity contribution is -0.138. The fourth-order valence-electron chi connectivity index (χ4n) is 5.42. The van der Waals surface area contributed by atoms with E-state index in [1.165, 1.54) is 0 Å². The Morgan fingerprint density at radius 1 is 1.00 bits per heavy atom. The van der Waals surface area contributed by atoms with Crippen LogP contribution in [0.25, 0.3) is 22.0 Å². The van der Waals surface area contributed by atoms with Crippen LogP contribution in [0.1, 0.15) is 68.0 Å². The summed E-state index contributed by atoms with van der Waals surface area (Å²) in [4.78, 5) is 30.8. The van der Waals surface area contributed by atoms with Gasteiger partial charge < -0.3 is 19.1 Å². The molecule has 0 unspecified atom stereocenters. The summed E-state index contributed by atoms with van der Waals surface area (Å²) >= 11 is -0.363. The van der Waals surface area contributed by atoms with Crippen LogP contribution < -0.4 is 5.43 Å². The van der Waals surface area contributed by atoms with Gasteiger partial charge in [-0.05, 0) is 66.2 Å². The summed E-state index contributed by atoms with van der Waals surface area (Å²) in [6.45, 7) is -9.50. The first-order valence-corrected chi connectivity index (χ1v) is 16.2. The Bertz CT molecular complexity index is 3260. The second kappa shape index (κ2) is 16.7. The van der Waals surface area contributed by atoms with E-state index < -0.39 is 240 Å². The molecule has 1 saturated heterocycles. The van der Waals surface area contributed by atoms with Gasteiger partial charge in [0.1, 0.15) is 6.54 Å². The van der Waals surface area contributed by atoms with Gasteiger partial charge in [0.25, 0.3) is 0 Å². The summed E-state index contributed by atoms with van der Waals surface area (Å²) in [5, 5.41) is -2.02. The van der Waals surface area contributed by atoms with Gasteiger partial charge in [-0.25, -0.2) is 8.78 Å². The van der Waals surface area contributed by atoms with Crippen molar-refractivity contribution in [1.82, 2.24) is 14.4 Å². The predicted octanol–water partition coefficient (Wildman–Crippen LogP) is 8.71. The molecule has 0 atom stereocenters. The molecule has 1 amide bonds. The predicted molar refractivity (Wildman–Crippen MR) is 198 cm³/mol. The molecule has 278 valence electrons. The zero-order valence-electron chi connectivity index (χ0n) is 51.2. The second-order valence-corrected chi connectivity index (χ2v) is 12.1. The second-order valence-electron chi connectivity index (χ2n) is 11.3. The lowest BCUT2D eigenvalue weighted by Gasteiger charge is -2.39. The maximum Gasteiger partial charge on any atom is 0.416 e. The minimum absolute atomic E-state index is 0.363. The van der Waals surface area contributed by atoms with Crippen LogP contribution in [0.3, 0.4) is 0 Å². The van der Waals surface area contributed by atoms with E-state index in [9.17, 15) is 22.4 Å². The van der Waals surface area contributed by atoms with Crippen molar-refractivity contribution in [2.24, 2.45) is 0 Å². The molecule has 0 aliphatic carbocycles. The van der Waals surface area contributed by atoms with Crippen molar-refractivity contribution < 1.29 is 64.4 Å². The van der Waals surface area contributed by atoms with Crippen molar-refractivity contribution in [2.75, 3.05) is 33.2 Å². The average molecular weight is 774 g/mol. The minimum Gasteiger partial charge on any atom is -0.383 e. The molecule has 1 aliphatic heterocycles. The first-order valence-electron chi connectivity index (χ1n) is 27.4. The third kappa shape index (κ3) is 9.00. The molecule has 6 rings (SSSR count). The molecule has 1 aromatic heterocycles. The van der Waals surface area contributed by atoms with Crippen LogP contribution in [-0.4, -0.2) is 59.5 Å². The number of benzene rings is 4. The van der Waals surface area contributed by atoms with Crippen molar-refractivity contribution >= 4 is 28.6 Å². The number of alkyl halides is 3.